The number of carbonyl (C=O) groups excluding carboxylic acids is 1. The van der Waals surface area contributed by atoms with E-state index in [9.17, 15) is 14.0 Å². The number of aromatic amines is 1. The molecule has 0 saturated carbocycles. The third-order valence-electron chi connectivity index (χ3n) is 2.14. The molecule has 7 heteroatoms. The van der Waals surface area contributed by atoms with E-state index in [0.29, 0.717) is 0 Å². The molecule has 1 heterocycles. The van der Waals surface area contributed by atoms with Gasteiger partial charge in [0.15, 0.2) is 5.82 Å². The van der Waals surface area contributed by atoms with Crippen molar-refractivity contribution in [3.8, 4) is 0 Å². The molecule has 0 aliphatic heterocycles. The van der Waals surface area contributed by atoms with E-state index < -0.39 is 17.7 Å². The Balaban J connectivity index is 2.13. The van der Waals surface area contributed by atoms with Gasteiger partial charge in [0.2, 0.25) is 0 Å². The van der Waals surface area contributed by atoms with Crippen molar-refractivity contribution in [2.45, 2.75) is 0 Å². The first-order valence-corrected chi connectivity index (χ1v) is 4.92. The van der Waals surface area contributed by atoms with Crippen LogP contribution in [-0.2, 0) is 0 Å². The minimum atomic E-state index is -1.19. The Hall–Kier alpha value is -2.70. The number of carboxylic acid groups (broad SMARTS) is 1. The molecule has 1 aromatic carbocycles. The van der Waals surface area contributed by atoms with Gasteiger partial charge in [0.25, 0.3) is 5.91 Å². The maximum atomic E-state index is 12.9. The number of nitrogens with one attached hydrogen (secondary N) is 2. The number of aromatic carboxylic acids is 1. The summed E-state index contributed by atoms with van der Waals surface area (Å²) in [5.74, 6) is -2.23. The van der Waals surface area contributed by atoms with Crippen molar-refractivity contribution >= 4 is 17.7 Å². The van der Waals surface area contributed by atoms with Crippen molar-refractivity contribution < 1.29 is 19.1 Å². The second kappa shape index (κ2) is 4.66. The van der Waals surface area contributed by atoms with Crippen LogP contribution in [0.5, 0.6) is 0 Å². The highest BCUT2D eigenvalue weighted by Crippen LogP contribution is 2.09. The number of halogens is 1. The zero-order valence-electron chi connectivity index (χ0n) is 8.98. The number of carbonyl (C=O) groups is 2. The maximum Gasteiger partial charge on any atom is 0.353 e. The van der Waals surface area contributed by atoms with Crippen LogP contribution >= 0.6 is 0 Å². The molecule has 3 N–H and O–H groups in total. The lowest BCUT2D eigenvalue weighted by Gasteiger charge is -2.01. The molecular weight excluding hydrogens is 241 g/mol. The van der Waals surface area contributed by atoms with E-state index in [-0.39, 0.29) is 17.1 Å². The van der Waals surface area contributed by atoms with E-state index in [4.69, 9.17) is 5.11 Å². The Kier molecular flexibility index (Phi) is 3.05. The summed E-state index contributed by atoms with van der Waals surface area (Å²) in [4.78, 5) is 22.2. The number of anilines is 1. The largest absolute Gasteiger partial charge is 0.477 e. The lowest BCUT2D eigenvalue weighted by molar-refractivity contribution is 0.0690. The third-order valence-corrected chi connectivity index (χ3v) is 2.14. The fraction of sp³-hybridized carbons (Fsp3) is 0. The number of hydrogen-bond donors (Lipinski definition) is 3. The molecule has 1 aromatic heterocycles. The summed E-state index contributed by atoms with van der Waals surface area (Å²) in [6, 6.07) is 6.29. The second-order valence-corrected chi connectivity index (χ2v) is 3.44. The summed E-state index contributed by atoms with van der Waals surface area (Å²) in [5, 5.41) is 16.8. The number of benzene rings is 1. The van der Waals surface area contributed by atoms with Crippen LogP contribution in [-0.4, -0.2) is 27.2 Å². The zero-order valence-corrected chi connectivity index (χ0v) is 8.98. The number of nitrogens with zero attached hydrogens (tertiary/aromatic N) is 1. The normalized spacial score (nSPS) is 10.1. The van der Waals surface area contributed by atoms with Crippen molar-refractivity contribution in [2.24, 2.45) is 0 Å². The Morgan fingerprint density at radius 3 is 2.72 bits per heavy atom. The van der Waals surface area contributed by atoms with Crippen LogP contribution in [0, 0.1) is 5.82 Å². The van der Waals surface area contributed by atoms with Crippen LogP contribution in [0.25, 0.3) is 0 Å². The van der Waals surface area contributed by atoms with Gasteiger partial charge in [0.05, 0.1) is 0 Å². The van der Waals surface area contributed by atoms with Gasteiger partial charge < -0.3 is 10.4 Å². The number of H-pyrrole nitrogens is 1. The van der Waals surface area contributed by atoms with Gasteiger partial charge in [-0.2, -0.15) is 5.10 Å². The molecule has 0 unspecified atom stereocenters. The van der Waals surface area contributed by atoms with Gasteiger partial charge in [-0.05, 0) is 18.2 Å². The average Bonchev–Trinajstić information content (AvgIpc) is 2.77. The van der Waals surface area contributed by atoms with E-state index in [1.165, 1.54) is 24.3 Å². The van der Waals surface area contributed by atoms with Crippen molar-refractivity contribution in [3.63, 3.8) is 0 Å². The van der Waals surface area contributed by atoms with Crippen LogP contribution in [0.3, 0.4) is 0 Å². The first kappa shape index (κ1) is 11.8. The molecule has 0 aliphatic carbocycles. The standard InChI is InChI=1S/C11H8FN3O3/c12-7-3-1-2-6(4-7)10(16)13-9-5-8(11(17)18)14-15-9/h1-5H,(H,17,18)(H2,13,14,15,16). The lowest BCUT2D eigenvalue weighted by Crippen LogP contribution is -2.12. The summed E-state index contributed by atoms with van der Waals surface area (Å²) < 4.78 is 12.9. The van der Waals surface area contributed by atoms with Crippen molar-refractivity contribution in [3.05, 3.63) is 47.4 Å². The van der Waals surface area contributed by atoms with Gasteiger partial charge in [0.1, 0.15) is 11.5 Å². The van der Waals surface area contributed by atoms with Gasteiger partial charge in [-0.3, -0.25) is 9.89 Å². The highest BCUT2D eigenvalue weighted by molar-refractivity contribution is 6.04. The molecule has 0 fully saturated rings. The predicted octanol–water partition coefficient (Wildman–Crippen LogP) is 1.50. The molecular formula is C11H8FN3O3. The Morgan fingerprint density at radius 1 is 1.33 bits per heavy atom. The van der Waals surface area contributed by atoms with Gasteiger partial charge in [-0.15, -0.1) is 0 Å². The summed E-state index contributed by atoms with van der Waals surface area (Å²) in [5.41, 5.74) is -0.0283. The van der Waals surface area contributed by atoms with Gasteiger partial charge >= 0.3 is 5.97 Å². The van der Waals surface area contributed by atoms with Crippen LogP contribution in [0.15, 0.2) is 30.3 Å². The van der Waals surface area contributed by atoms with E-state index in [2.05, 4.69) is 15.5 Å². The first-order chi connectivity index (χ1) is 8.56. The van der Waals surface area contributed by atoms with E-state index >= 15 is 0 Å². The number of hydrogen-bond acceptors (Lipinski definition) is 3. The number of carboxylic acids is 1. The van der Waals surface area contributed by atoms with Crippen LogP contribution < -0.4 is 5.32 Å². The Morgan fingerprint density at radius 2 is 2.11 bits per heavy atom. The summed E-state index contributed by atoms with van der Waals surface area (Å²) in [6.45, 7) is 0. The first-order valence-electron chi connectivity index (χ1n) is 4.92. The van der Waals surface area contributed by atoms with Gasteiger partial charge in [-0.25, -0.2) is 9.18 Å². The molecule has 0 spiro atoms. The van der Waals surface area contributed by atoms with Crippen LogP contribution in [0.2, 0.25) is 0 Å². The highest BCUT2D eigenvalue weighted by Gasteiger charge is 2.11. The SMILES string of the molecule is O=C(Nc1cc(C(=O)O)[nH]n1)c1cccc(F)c1. The topological polar surface area (TPSA) is 95.1 Å². The summed E-state index contributed by atoms with van der Waals surface area (Å²) >= 11 is 0. The molecule has 2 aromatic rings. The summed E-state index contributed by atoms with van der Waals surface area (Å²) in [7, 11) is 0. The van der Waals surface area contributed by atoms with E-state index in [1.54, 1.807) is 0 Å². The fourth-order valence-corrected chi connectivity index (χ4v) is 1.31. The molecule has 1 amide bonds. The smallest absolute Gasteiger partial charge is 0.353 e. The fourth-order valence-electron chi connectivity index (χ4n) is 1.31. The second-order valence-electron chi connectivity index (χ2n) is 3.44. The third kappa shape index (κ3) is 2.51. The molecule has 0 radical (unpaired) electrons. The minimum Gasteiger partial charge on any atom is -0.477 e. The van der Waals surface area contributed by atoms with E-state index in [0.717, 1.165) is 6.07 Å². The highest BCUT2D eigenvalue weighted by atomic mass is 19.1. The molecule has 6 nitrogen and oxygen atoms in total. The maximum absolute atomic E-state index is 12.9. The molecule has 2 rings (SSSR count). The molecule has 18 heavy (non-hydrogen) atoms. The van der Waals surface area contributed by atoms with Crippen LogP contribution in [0.4, 0.5) is 10.2 Å². The Bertz CT molecular complexity index is 609. The number of aromatic nitrogens is 2. The number of amides is 1. The molecule has 0 bridgehead atoms. The summed E-state index contributed by atoms with van der Waals surface area (Å²) in [6.07, 6.45) is 0. The predicted molar refractivity (Wildman–Crippen MR) is 59.9 cm³/mol. The minimum absolute atomic E-state index is 0.0571. The van der Waals surface area contributed by atoms with Crippen LogP contribution in [0.1, 0.15) is 20.8 Å². The number of rotatable bonds is 3. The molecule has 0 aliphatic rings. The Labute approximate surface area is 100 Å². The van der Waals surface area contributed by atoms with Gasteiger partial charge in [-0.1, -0.05) is 6.07 Å². The average molecular weight is 249 g/mol. The molecule has 0 atom stereocenters. The zero-order chi connectivity index (χ0) is 13.1. The molecule has 92 valence electrons. The van der Waals surface area contributed by atoms with Crippen molar-refractivity contribution in [2.75, 3.05) is 5.32 Å². The van der Waals surface area contributed by atoms with Crippen molar-refractivity contribution in [1.29, 1.82) is 0 Å². The molecule has 0 saturated heterocycles. The quantitative estimate of drug-likeness (QED) is 0.768. The van der Waals surface area contributed by atoms with Crippen molar-refractivity contribution in [1.82, 2.24) is 10.2 Å². The van der Waals surface area contributed by atoms with Gasteiger partial charge in [0, 0.05) is 11.6 Å². The monoisotopic (exact) mass is 249 g/mol. The lowest BCUT2D eigenvalue weighted by atomic mass is 10.2. The van der Waals surface area contributed by atoms with E-state index in [1.807, 2.05) is 0 Å².